The molecule has 21 heavy (non-hydrogen) atoms. The molecule has 0 fully saturated rings. The summed E-state index contributed by atoms with van der Waals surface area (Å²) in [6.07, 6.45) is 4.27. The molecule has 0 aromatic heterocycles. The standard InChI is InChI=1S/C17H19NO2S/c1-3-10-17(13-19,11-4-2)18-16(20)15-7-5-14(6-8-15)9-12-21/h3-8,19,21H,1-2,10-11,13H2,(H,18,20). The third kappa shape index (κ3) is 4.82. The van der Waals surface area contributed by atoms with Gasteiger partial charge in [-0.25, -0.2) is 0 Å². The molecule has 0 bridgehead atoms. The lowest BCUT2D eigenvalue weighted by Crippen LogP contribution is -2.50. The normalized spacial score (nSPS) is 10.2. The largest absolute Gasteiger partial charge is 0.394 e. The highest BCUT2D eigenvalue weighted by Gasteiger charge is 2.28. The predicted molar refractivity (Wildman–Crippen MR) is 89.2 cm³/mol. The number of aliphatic hydroxyl groups is 1. The fraction of sp³-hybridized carbons (Fsp3) is 0.235. The number of hydrogen-bond acceptors (Lipinski definition) is 3. The van der Waals surface area contributed by atoms with Crippen molar-refractivity contribution in [2.24, 2.45) is 0 Å². The van der Waals surface area contributed by atoms with E-state index in [1.807, 2.05) is 0 Å². The average Bonchev–Trinajstić information content (AvgIpc) is 2.48. The van der Waals surface area contributed by atoms with Crippen LogP contribution in [0.4, 0.5) is 0 Å². The first-order valence-electron chi connectivity index (χ1n) is 6.51. The number of amides is 1. The van der Waals surface area contributed by atoms with Crippen molar-refractivity contribution >= 4 is 18.5 Å². The van der Waals surface area contributed by atoms with Crippen LogP contribution in [0.25, 0.3) is 0 Å². The summed E-state index contributed by atoms with van der Waals surface area (Å²) in [4.78, 5) is 12.3. The Labute approximate surface area is 131 Å². The Morgan fingerprint density at radius 2 is 1.86 bits per heavy atom. The molecule has 110 valence electrons. The smallest absolute Gasteiger partial charge is 0.251 e. The molecule has 0 atom stereocenters. The Bertz CT molecular complexity index is 557. The highest BCUT2D eigenvalue weighted by atomic mass is 32.1. The number of thiol groups is 1. The van der Waals surface area contributed by atoms with Gasteiger partial charge in [-0.15, -0.1) is 13.2 Å². The quantitative estimate of drug-likeness (QED) is 0.412. The fourth-order valence-electron chi connectivity index (χ4n) is 1.99. The Hall–Kier alpha value is -1.96. The molecule has 1 rings (SSSR count). The number of benzene rings is 1. The van der Waals surface area contributed by atoms with E-state index in [4.69, 9.17) is 0 Å². The van der Waals surface area contributed by atoms with Crippen molar-refractivity contribution < 1.29 is 9.90 Å². The minimum Gasteiger partial charge on any atom is -0.394 e. The van der Waals surface area contributed by atoms with Crippen molar-refractivity contribution in [1.82, 2.24) is 5.32 Å². The molecule has 0 unspecified atom stereocenters. The van der Waals surface area contributed by atoms with Crippen LogP contribution in [0, 0.1) is 11.2 Å². The lowest BCUT2D eigenvalue weighted by Gasteiger charge is -2.31. The van der Waals surface area contributed by atoms with Crippen molar-refractivity contribution in [3.8, 4) is 11.2 Å². The number of nitrogens with one attached hydrogen (secondary N) is 1. The van der Waals surface area contributed by atoms with Crippen molar-refractivity contribution in [3.63, 3.8) is 0 Å². The van der Waals surface area contributed by atoms with E-state index >= 15 is 0 Å². The molecular weight excluding hydrogens is 282 g/mol. The van der Waals surface area contributed by atoms with E-state index in [0.717, 1.165) is 5.56 Å². The van der Waals surface area contributed by atoms with Gasteiger partial charge in [0.2, 0.25) is 0 Å². The minimum atomic E-state index is -0.760. The van der Waals surface area contributed by atoms with Crippen LogP contribution in [0.5, 0.6) is 0 Å². The van der Waals surface area contributed by atoms with E-state index in [2.05, 4.69) is 42.3 Å². The number of hydrogen-bond donors (Lipinski definition) is 3. The Morgan fingerprint density at radius 3 is 2.29 bits per heavy atom. The summed E-state index contributed by atoms with van der Waals surface area (Å²) in [5, 5.41) is 15.0. The highest BCUT2D eigenvalue weighted by molar-refractivity contribution is 7.85. The maximum Gasteiger partial charge on any atom is 0.251 e. The van der Waals surface area contributed by atoms with Crippen molar-refractivity contribution in [2.45, 2.75) is 18.4 Å². The molecule has 1 aromatic carbocycles. The molecule has 0 saturated heterocycles. The third-order valence-corrected chi connectivity index (χ3v) is 3.21. The molecule has 0 aliphatic rings. The van der Waals surface area contributed by atoms with Crippen LogP contribution in [0.3, 0.4) is 0 Å². The summed E-state index contributed by atoms with van der Waals surface area (Å²) < 4.78 is 0. The fourth-order valence-corrected chi connectivity index (χ4v) is 2.12. The van der Waals surface area contributed by atoms with Gasteiger partial charge < -0.3 is 10.4 Å². The monoisotopic (exact) mass is 301 g/mol. The van der Waals surface area contributed by atoms with Gasteiger partial charge in [0, 0.05) is 11.1 Å². The summed E-state index contributed by atoms with van der Waals surface area (Å²) in [5.74, 6) is 2.54. The maximum absolute atomic E-state index is 12.3. The maximum atomic E-state index is 12.3. The van der Waals surface area contributed by atoms with E-state index in [0.29, 0.717) is 18.4 Å². The number of rotatable bonds is 7. The average molecular weight is 301 g/mol. The van der Waals surface area contributed by atoms with Gasteiger partial charge in [-0.05, 0) is 42.4 Å². The summed E-state index contributed by atoms with van der Waals surface area (Å²) in [5.41, 5.74) is 0.530. The second kappa shape index (κ2) is 8.35. The van der Waals surface area contributed by atoms with E-state index in [-0.39, 0.29) is 12.5 Å². The summed E-state index contributed by atoms with van der Waals surface area (Å²) in [7, 11) is 0. The van der Waals surface area contributed by atoms with Crippen LogP contribution >= 0.6 is 12.6 Å². The summed E-state index contributed by atoms with van der Waals surface area (Å²) in [6, 6.07) is 6.87. The number of carbonyl (C=O) groups excluding carboxylic acids is 1. The van der Waals surface area contributed by atoms with Crippen LogP contribution in [-0.2, 0) is 0 Å². The lowest BCUT2D eigenvalue weighted by atomic mass is 9.91. The zero-order valence-electron chi connectivity index (χ0n) is 11.8. The second-order valence-electron chi connectivity index (χ2n) is 4.69. The van der Waals surface area contributed by atoms with Crippen molar-refractivity contribution in [3.05, 3.63) is 60.7 Å². The number of aliphatic hydroxyl groups excluding tert-OH is 1. The van der Waals surface area contributed by atoms with Crippen LogP contribution in [0.1, 0.15) is 28.8 Å². The van der Waals surface area contributed by atoms with E-state index < -0.39 is 5.54 Å². The molecule has 0 aliphatic carbocycles. The molecule has 1 amide bonds. The first kappa shape index (κ1) is 17.1. The molecule has 4 heteroatoms. The molecule has 0 radical (unpaired) electrons. The van der Waals surface area contributed by atoms with Gasteiger partial charge in [0.1, 0.15) is 0 Å². The minimum absolute atomic E-state index is 0.181. The van der Waals surface area contributed by atoms with E-state index in [1.54, 1.807) is 36.4 Å². The van der Waals surface area contributed by atoms with E-state index in [1.165, 1.54) is 0 Å². The van der Waals surface area contributed by atoms with Gasteiger partial charge in [0.05, 0.1) is 12.1 Å². The van der Waals surface area contributed by atoms with Gasteiger partial charge in [-0.3, -0.25) is 4.79 Å². The second-order valence-corrected chi connectivity index (χ2v) is 4.92. The third-order valence-electron chi connectivity index (χ3n) is 3.10. The molecule has 1 aromatic rings. The topological polar surface area (TPSA) is 49.3 Å². The first-order chi connectivity index (χ1) is 10.1. The molecule has 0 saturated carbocycles. The van der Waals surface area contributed by atoms with Gasteiger partial charge in [-0.1, -0.05) is 30.7 Å². The van der Waals surface area contributed by atoms with Crippen LogP contribution < -0.4 is 5.32 Å². The molecule has 0 spiro atoms. The van der Waals surface area contributed by atoms with Gasteiger partial charge in [0.15, 0.2) is 0 Å². The lowest BCUT2D eigenvalue weighted by molar-refractivity contribution is 0.0837. The van der Waals surface area contributed by atoms with Gasteiger partial charge in [-0.2, -0.15) is 0 Å². The van der Waals surface area contributed by atoms with E-state index in [9.17, 15) is 9.90 Å². The first-order valence-corrected chi connectivity index (χ1v) is 6.96. The Kier molecular flexibility index (Phi) is 6.80. The summed E-state index contributed by atoms with van der Waals surface area (Å²) in [6.45, 7) is 7.16. The van der Waals surface area contributed by atoms with Gasteiger partial charge in [0.25, 0.3) is 5.91 Å². The molecule has 0 heterocycles. The van der Waals surface area contributed by atoms with Crippen molar-refractivity contribution in [2.75, 3.05) is 6.61 Å². The van der Waals surface area contributed by atoms with Crippen LogP contribution in [-0.4, -0.2) is 23.2 Å². The van der Waals surface area contributed by atoms with Crippen molar-refractivity contribution in [1.29, 1.82) is 0 Å². The van der Waals surface area contributed by atoms with Gasteiger partial charge >= 0.3 is 0 Å². The molecule has 0 aliphatic heterocycles. The predicted octanol–water partition coefficient (Wildman–Crippen LogP) is 2.54. The Balaban J connectivity index is 2.92. The Morgan fingerprint density at radius 1 is 1.29 bits per heavy atom. The van der Waals surface area contributed by atoms with Crippen LogP contribution in [0.2, 0.25) is 0 Å². The zero-order valence-corrected chi connectivity index (χ0v) is 12.7. The molecular formula is C17H19NO2S. The molecule has 2 N–H and O–H groups in total. The zero-order chi connectivity index (χ0) is 15.7. The SMILES string of the molecule is C=CCC(CO)(CC=C)NC(=O)c1ccc(C#CS)cc1. The molecule has 3 nitrogen and oxygen atoms in total. The highest BCUT2D eigenvalue weighted by Crippen LogP contribution is 2.17. The number of carbonyl (C=O) groups is 1. The van der Waals surface area contributed by atoms with Crippen LogP contribution in [0.15, 0.2) is 49.6 Å². The summed E-state index contributed by atoms with van der Waals surface area (Å²) >= 11 is 3.83.